The summed E-state index contributed by atoms with van der Waals surface area (Å²) in [4.78, 5) is 0. The van der Waals surface area contributed by atoms with Crippen LogP contribution in [0.1, 0.15) is 33.3 Å². The van der Waals surface area contributed by atoms with Crippen molar-refractivity contribution in [3.8, 4) is 5.75 Å². The number of benzene rings is 1. The van der Waals surface area contributed by atoms with E-state index in [1.165, 1.54) is 5.56 Å². The van der Waals surface area contributed by atoms with Crippen molar-refractivity contribution in [3.05, 3.63) is 29.8 Å². The molecule has 3 nitrogen and oxygen atoms in total. The van der Waals surface area contributed by atoms with Crippen molar-refractivity contribution >= 4 is 0 Å². The first-order chi connectivity index (χ1) is 8.82. The molecule has 0 fully saturated rings. The van der Waals surface area contributed by atoms with E-state index in [9.17, 15) is 5.11 Å². The monoisotopic (exact) mass is 265 g/mol. The summed E-state index contributed by atoms with van der Waals surface area (Å²) in [6.45, 7) is 10.3. The number of para-hydroxylation sites is 1. The van der Waals surface area contributed by atoms with Gasteiger partial charge in [-0.2, -0.15) is 0 Å². The molecule has 0 spiro atoms. The van der Waals surface area contributed by atoms with Crippen LogP contribution in [0.25, 0.3) is 0 Å². The lowest BCUT2D eigenvalue weighted by Crippen LogP contribution is -2.39. The average molecular weight is 265 g/mol. The zero-order valence-corrected chi connectivity index (χ0v) is 12.8. The number of methoxy groups -OCH3 is 1. The maximum Gasteiger partial charge on any atom is 0.122 e. The second kappa shape index (κ2) is 6.40. The molecule has 2 N–H and O–H groups in total. The maximum atomic E-state index is 9.26. The van der Waals surface area contributed by atoms with Crippen molar-refractivity contribution < 1.29 is 9.84 Å². The highest BCUT2D eigenvalue weighted by molar-refractivity contribution is 5.39. The Morgan fingerprint density at radius 1 is 1.11 bits per heavy atom. The van der Waals surface area contributed by atoms with E-state index >= 15 is 0 Å². The van der Waals surface area contributed by atoms with Gasteiger partial charge in [0.25, 0.3) is 0 Å². The Morgan fingerprint density at radius 3 is 2.32 bits per heavy atom. The molecule has 0 aliphatic carbocycles. The van der Waals surface area contributed by atoms with Gasteiger partial charge in [-0.25, -0.2) is 0 Å². The average Bonchev–Trinajstić information content (AvgIpc) is 2.38. The SMILES string of the molecule is COc1ccccc1C(C)(C)CNCC(C)(C)CO. The Bertz CT molecular complexity index is 399. The molecule has 1 aromatic carbocycles. The molecule has 0 amide bonds. The van der Waals surface area contributed by atoms with E-state index in [-0.39, 0.29) is 17.4 Å². The van der Waals surface area contributed by atoms with Crippen LogP contribution >= 0.6 is 0 Å². The predicted octanol–water partition coefficient (Wildman–Crippen LogP) is 2.58. The Kier molecular flexibility index (Phi) is 5.39. The molecular formula is C16H27NO2. The molecule has 1 rings (SSSR count). The van der Waals surface area contributed by atoms with Gasteiger partial charge < -0.3 is 15.2 Å². The molecule has 3 heteroatoms. The maximum absolute atomic E-state index is 9.26. The smallest absolute Gasteiger partial charge is 0.122 e. The number of rotatable bonds is 7. The molecule has 19 heavy (non-hydrogen) atoms. The van der Waals surface area contributed by atoms with E-state index in [2.05, 4.69) is 39.1 Å². The van der Waals surface area contributed by atoms with Crippen LogP contribution in [0.2, 0.25) is 0 Å². The van der Waals surface area contributed by atoms with Crippen molar-refractivity contribution in [1.82, 2.24) is 5.32 Å². The number of hydrogen-bond acceptors (Lipinski definition) is 3. The Balaban J connectivity index is 2.70. The fourth-order valence-electron chi connectivity index (χ4n) is 2.07. The van der Waals surface area contributed by atoms with Crippen LogP contribution in [0.3, 0.4) is 0 Å². The minimum Gasteiger partial charge on any atom is -0.496 e. The van der Waals surface area contributed by atoms with Gasteiger partial charge >= 0.3 is 0 Å². The molecule has 0 radical (unpaired) electrons. The first-order valence-electron chi connectivity index (χ1n) is 6.77. The Labute approximate surface area is 117 Å². The van der Waals surface area contributed by atoms with E-state index in [1.54, 1.807) is 7.11 Å². The number of aliphatic hydroxyl groups is 1. The summed E-state index contributed by atoms with van der Waals surface area (Å²) in [6, 6.07) is 8.13. The van der Waals surface area contributed by atoms with Crippen LogP contribution in [-0.4, -0.2) is 31.9 Å². The van der Waals surface area contributed by atoms with Crippen molar-refractivity contribution in [2.45, 2.75) is 33.1 Å². The zero-order chi connectivity index (χ0) is 14.5. The summed E-state index contributed by atoms with van der Waals surface area (Å²) < 4.78 is 5.43. The van der Waals surface area contributed by atoms with Crippen LogP contribution in [0, 0.1) is 5.41 Å². The highest BCUT2D eigenvalue weighted by atomic mass is 16.5. The van der Waals surface area contributed by atoms with Gasteiger partial charge in [0.1, 0.15) is 5.75 Å². The summed E-state index contributed by atoms with van der Waals surface area (Å²) in [5, 5.41) is 12.7. The Hall–Kier alpha value is -1.06. The molecule has 0 bridgehead atoms. The van der Waals surface area contributed by atoms with Crippen LogP contribution in [0.4, 0.5) is 0 Å². The molecule has 108 valence electrons. The molecule has 0 saturated carbocycles. The third-order valence-electron chi connectivity index (χ3n) is 3.43. The third kappa shape index (κ3) is 4.51. The van der Waals surface area contributed by atoms with Crippen molar-refractivity contribution in [3.63, 3.8) is 0 Å². The summed E-state index contributed by atoms with van der Waals surface area (Å²) in [5.41, 5.74) is 1.10. The quantitative estimate of drug-likeness (QED) is 0.796. The number of aliphatic hydroxyl groups excluding tert-OH is 1. The van der Waals surface area contributed by atoms with Crippen molar-refractivity contribution in [2.24, 2.45) is 5.41 Å². The first kappa shape index (κ1) is 16.0. The molecule has 0 unspecified atom stereocenters. The Morgan fingerprint density at radius 2 is 1.74 bits per heavy atom. The lowest BCUT2D eigenvalue weighted by Gasteiger charge is -2.30. The summed E-state index contributed by atoms with van der Waals surface area (Å²) in [6.07, 6.45) is 0. The summed E-state index contributed by atoms with van der Waals surface area (Å²) in [5.74, 6) is 0.927. The van der Waals surface area contributed by atoms with E-state index in [0.717, 1.165) is 18.8 Å². The molecule has 0 aliphatic rings. The fourth-order valence-corrected chi connectivity index (χ4v) is 2.07. The highest BCUT2D eigenvalue weighted by Gasteiger charge is 2.25. The lowest BCUT2D eigenvalue weighted by atomic mass is 9.83. The van der Waals surface area contributed by atoms with E-state index in [0.29, 0.717) is 0 Å². The number of hydrogen-bond donors (Lipinski definition) is 2. The van der Waals surface area contributed by atoms with Gasteiger partial charge in [0.05, 0.1) is 7.11 Å². The minimum absolute atomic E-state index is 0.0157. The van der Waals surface area contributed by atoms with Gasteiger partial charge in [-0.15, -0.1) is 0 Å². The molecule has 0 aromatic heterocycles. The van der Waals surface area contributed by atoms with Crippen LogP contribution in [0.5, 0.6) is 5.75 Å². The number of ether oxygens (including phenoxy) is 1. The van der Waals surface area contributed by atoms with E-state index in [1.807, 2.05) is 18.2 Å². The van der Waals surface area contributed by atoms with E-state index in [4.69, 9.17) is 4.74 Å². The molecule has 1 aromatic rings. The van der Waals surface area contributed by atoms with Gasteiger partial charge in [-0.3, -0.25) is 0 Å². The topological polar surface area (TPSA) is 41.5 Å². The summed E-state index contributed by atoms with van der Waals surface area (Å²) in [7, 11) is 1.71. The lowest BCUT2D eigenvalue weighted by molar-refractivity contribution is 0.155. The molecular weight excluding hydrogens is 238 g/mol. The largest absolute Gasteiger partial charge is 0.496 e. The van der Waals surface area contributed by atoms with Gasteiger partial charge in [0.15, 0.2) is 0 Å². The molecule has 0 aliphatic heterocycles. The van der Waals surface area contributed by atoms with Crippen LogP contribution in [-0.2, 0) is 5.41 Å². The zero-order valence-electron chi connectivity index (χ0n) is 12.8. The van der Waals surface area contributed by atoms with Gasteiger partial charge in [-0.1, -0.05) is 45.9 Å². The van der Waals surface area contributed by atoms with Crippen molar-refractivity contribution in [1.29, 1.82) is 0 Å². The standard InChI is InChI=1S/C16H27NO2/c1-15(2,12-18)10-17-11-16(3,4)13-8-6-7-9-14(13)19-5/h6-9,17-18H,10-12H2,1-5H3. The van der Waals surface area contributed by atoms with Crippen LogP contribution < -0.4 is 10.1 Å². The third-order valence-corrected chi connectivity index (χ3v) is 3.43. The second-order valence-corrected chi connectivity index (χ2v) is 6.51. The normalized spacial score (nSPS) is 12.5. The van der Waals surface area contributed by atoms with Gasteiger partial charge in [0.2, 0.25) is 0 Å². The van der Waals surface area contributed by atoms with Crippen molar-refractivity contribution in [2.75, 3.05) is 26.8 Å². The molecule has 0 heterocycles. The number of nitrogens with one attached hydrogen (secondary N) is 1. The van der Waals surface area contributed by atoms with Gasteiger partial charge in [-0.05, 0) is 6.07 Å². The highest BCUT2D eigenvalue weighted by Crippen LogP contribution is 2.30. The van der Waals surface area contributed by atoms with Crippen LogP contribution in [0.15, 0.2) is 24.3 Å². The molecule has 0 saturated heterocycles. The molecule has 0 atom stereocenters. The van der Waals surface area contributed by atoms with E-state index < -0.39 is 0 Å². The summed E-state index contributed by atoms with van der Waals surface area (Å²) >= 11 is 0. The predicted molar refractivity (Wildman–Crippen MR) is 79.8 cm³/mol. The van der Waals surface area contributed by atoms with Gasteiger partial charge in [0, 0.05) is 36.1 Å². The second-order valence-electron chi connectivity index (χ2n) is 6.51. The minimum atomic E-state index is -0.0865. The fraction of sp³-hybridized carbons (Fsp3) is 0.625. The first-order valence-corrected chi connectivity index (χ1v) is 6.77.